The van der Waals surface area contributed by atoms with Gasteiger partial charge in [-0.15, -0.1) is 0 Å². The molecule has 1 atom stereocenters. The first-order valence-corrected chi connectivity index (χ1v) is 9.46. The summed E-state index contributed by atoms with van der Waals surface area (Å²) in [6.07, 6.45) is 3.30. The molecular weight excluding hydrogens is 397 g/mol. The summed E-state index contributed by atoms with van der Waals surface area (Å²) in [4.78, 5) is 0. The van der Waals surface area contributed by atoms with E-state index in [9.17, 15) is 31.8 Å². The number of aliphatic hydroxyl groups is 1. The molecule has 2 aromatic rings. The molecule has 146 valence electrons. The third-order valence-electron chi connectivity index (χ3n) is 4.88. The number of phenols is 1. The second-order valence-corrected chi connectivity index (χ2v) is 8.18. The molecule has 1 unspecified atom stereocenters. The van der Waals surface area contributed by atoms with Gasteiger partial charge < -0.3 is 14.4 Å². The van der Waals surface area contributed by atoms with Crippen LogP contribution in [0.15, 0.2) is 48.6 Å². The highest BCUT2D eigenvalue weighted by Crippen LogP contribution is 2.53. The average molecular weight is 410 g/mol. The summed E-state index contributed by atoms with van der Waals surface area (Å²) in [7, 11) is -5.83. The topological polar surface area (TPSA) is 83.8 Å². The van der Waals surface area contributed by atoms with Crippen LogP contribution in [-0.2, 0) is 15.5 Å². The van der Waals surface area contributed by atoms with Crippen LogP contribution in [0.25, 0.3) is 11.3 Å². The average Bonchev–Trinajstić information content (AvgIpc) is 3.01. The van der Waals surface area contributed by atoms with Crippen molar-refractivity contribution in [3.05, 3.63) is 70.8 Å². The predicted molar refractivity (Wildman–Crippen MR) is 95.2 cm³/mol. The quantitative estimate of drug-likeness (QED) is 0.572. The summed E-state index contributed by atoms with van der Waals surface area (Å²) in [5.41, 5.74) is -3.69. The maximum atomic E-state index is 12.6. The van der Waals surface area contributed by atoms with E-state index in [2.05, 4.69) is 4.18 Å². The van der Waals surface area contributed by atoms with Crippen LogP contribution in [0, 0.1) is 0 Å². The van der Waals surface area contributed by atoms with E-state index in [1.165, 1.54) is 24.3 Å². The first-order chi connectivity index (χ1) is 12.9. The first kappa shape index (κ1) is 18.4. The van der Waals surface area contributed by atoms with Crippen LogP contribution in [0.4, 0.5) is 13.2 Å². The van der Waals surface area contributed by atoms with Gasteiger partial charge in [-0.1, -0.05) is 12.1 Å². The van der Waals surface area contributed by atoms with Gasteiger partial charge >= 0.3 is 15.6 Å². The van der Waals surface area contributed by atoms with E-state index in [4.69, 9.17) is 0 Å². The molecule has 2 aromatic carbocycles. The Morgan fingerprint density at radius 3 is 2.29 bits per heavy atom. The Labute approximate surface area is 158 Å². The summed E-state index contributed by atoms with van der Waals surface area (Å²) in [5.74, 6) is -0.659. The fourth-order valence-electron chi connectivity index (χ4n) is 3.74. The fourth-order valence-corrected chi connectivity index (χ4v) is 4.20. The summed E-state index contributed by atoms with van der Waals surface area (Å²) in [5, 5.41) is 20.3. The van der Waals surface area contributed by atoms with Crippen molar-refractivity contribution in [1.82, 2.24) is 0 Å². The zero-order chi connectivity index (χ0) is 20.5. The van der Waals surface area contributed by atoms with Crippen molar-refractivity contribution in [2.24, 2.45) is 0 Å². The van der Waals surface area contributed by atoms with Gasteiger partial charge in [-0.2, -0.15) is 21.6 Å². The SMILES string of the molecule is CC1=CC2(C=C(O)c3ccc(OS(=O)(=O)C(F)(F)F)cc32)c2cc(O)ccc21. The van der Waals surface area contributed by atoms with Gasteiger partial charge in [0.05, 0.1) is 5.41 Å². The van der Waals surface area contributed by atoms with Crippen LogP contribution in [0.5, 0.6) is 11.5 Å². The van der Waals surface area contributed by atoms with Crippen LogP contribution in [0.1, 0.15) is 29.2 Å². The number of alkyl halides is 3. The van der Waals surface area contributed by atoms with Crippen LogP contribution in [0.3, 0.4) is 0 Å². The minimum Gasteiger partial charge on any atom is -0.508 e. The molecule has 9 heteroatoms. The highest BCUT2D eigenvalue weighted by molar-refractivity contribution is 7.88. The summed E-state index contributed by atoms with van der Waals surface area (Å²) < 4.78 is 64.8. The number of hydrogen-bond acceptors (Lipinski definition) is 5. The van der Waals surface area contributed by atoms with Crippen molar-refractivity contribution in [3.8, 4) is 11.5 Å². The molecule has 0 aromatic heterocycles. The molecule has 0 bridgehead atoms. The van der Waals surface area contributed by atoms with Gasteiger partial charge in [0, 0.05) is 5.56 Å². The van der Waals surface area contributed by atoms with Gasteiger partial charge in [0.15, 0.2) is 0 Å². The number of benzene rings is 2. The molecular formula is C19H13F3O5S. The standard InChI is InChI=1S/C19H13F3O5S/c1-10-8-18(15-6-11(23)2-4-13(10)15)9-17(24)14-5-3-12(7-16(14)18)27-28(25,26)19(20,21)22/h2-9,23-24H,1H3. The third-order valence-corrected chi connectivity index (χ3v) is 5.86. The van der Waals surface area contributed by atoms with Gasteiger partial charge in [0.2, 0.25) is 0 Å². The molecule has 0 radical (unpaired) electrons. The van der Waals surface area contributed by atoms with Gasteiger partial charge in [0.25, 0.3) is 0 Å². The van der Waals surface area contributed by atoms with E-state index in [1.54, 1.807) is 12.1 Å². The van der Waals surface area contributed by atoms with Crippen molar-refractivity contribution < 1.29 is 36.0 Å². The number of fused-ring (bicyclic) bond motifs is 4. The maximum absolute atomic E-state index is 12.6. The molecule has 0 saturated carbocycles. The van der Waals surface area contributed by atoms with E-state index in [0.29, 0.717) is 16.7 Å². The molecule has 1 spiro atoms. The molecule has 0 aliphatic heterocycles. The molecule has 28 heavy (non-hydrogen) atoms. The molecule has 5 nitrogen and oxygen atoms in total. The fraction of sp³-hybridized carbons (Fsp3) is 0.158. The first-order valence-electron chi connectivity index (χ1n) is 8.05. The Bertz CT molecular complexity index is 1170. The van der Waals surface area contributed by atoms with E-state index in [-0.39, 0.29) is 11.5 Å². The minimum absolute atomic E-state index is 0.0189. The Kier molecular flexibility index (Phi) is 3.64. The minimum atomic E-state index is -5.83. The molecule has 2 N–H and O–H groups in total. The lowest BCUT2D eigenvalue weighted by atomic mass is 9.78. The Morgan fingerprint density at radius 1 is 0.964 bits per heavy atom. The smallest absolute Gasteiger partial charge is 0.508 e. The molecule has 2 aliphatic rings. The lowest BCUT2D eigenvalue weighted by Gasteiger charge is -2.24. The third kappa shape index (κ3) is 2.50. The molecule has 2 aliphatic carbocycles. The number of halogens is 3. The second kappa shape index (κ2) is 5.54. The van der Waals surface area contributed by atoms with E-state index >= 15 is 0 Å². The van der Waals surface area contributed by atoms with E-state index in [0.717, 1.165) is 23.3 Å². The van der Waals surface area contributed by atoms with Crippen molar-refractivity contribution in [2.45, 2.75) is 17.8 Å². The number of hydrogen-bond donors (Lipinski definition) is 2. The molecule has 0 amide bonds. The van der Waals surface area contributed by atoms with E-state index in [1.807, 2.05) is 6.92 Å². The van der Waals surface area contributed by atoms with E-state index < -0.39 is 26.8 Å². The summed E-state index contributed by atoms with van der Waals surface area (Å²) in [6, 6.07) is 8.19. The zero-order valence-electron chi connectivity index (χ0n) is 14.3. The molecule has 0 fully saturated rings. The van der Waals surface area contributed by atoms with Crippen molar-refractivity contribution in [2.75, 3.05) is 0 Å². The van der Waals surface area contributed by atoms with Gasteiger partial charge in [0.1, 0.15) is 17.3 Å². The lowest BCUT2D eigenvalue weighted by molar-refractivity contribution is -0.0500. The summed E-state index contributed by atoms with van der Waals surface area (Å²) in [6.45, 7) is 1.82. The second-order valence-electron chi connectivity index (χ2n) is 6.65. The van der Waals surface area contributed by atoms with Gasteiger partial charge in [-0.25, -0.2) is 0 Å². The van der Waals surface area contributed by atoms with Crippen molar-refractivity contribution >= 4 is 21.5 Å². The maximum Gasteiger partial charge on any atom is 0.534 e. The predicted octanol–water partition coefficient (Wildman–Crippen LogP) is 4.24. The summed E-state index contributed by atoms with van der Waals surface area (Å²) >= 11 is 0. The van der Waals surface area contributed by atoms with Gasteiger partial charge in [-0.3, -0.25) is 0 Å². The normalized spacial score (nSPS) is 20.6. The lowest BCUT2D eigenvalue weighted by Crippen LogP contribution is -2.28. The Balaban J connectivity index is 1.89. The number of phenolic OH excluding ortho intramolecular Hbond substituents is 1. The highest BCUT2D eigenvalue weighted by Gasteiger charge is 2.49. The van der Waals surface area contributed by atoms with Crippen molar-refractivity contribution in [1.29, 1.82) is 0 Å². The van der Waals surface area contributed by atoms with Crippen molar-refractivity contribution in [3.63, 3.8) is 0 Å². The number of aromatic hydroxyl groups is 1. The monoisotopic (exact) mass is 410 g/mol. The zero-order valence-corrected chi connectivity index (χ0v) is 15.1. The van der Waals surface area contributed by atoms with Crippen LogP contribution >= 0.6 is 0 Å². The highest BCUT2D eigenvalue weighted by atomic mass is 32.2. The van der Waals surface area contributed by atoms with Gasteiger partial charge in [-0.05, 0) is 65.6 Å². The molecule has 0 saturated heterocycles. The largest absolute Gasteiger partial charge is 0.534 e. The Morgan fingerprint density at radius 2 is 1.61 bits per heavy atom. The van der Waals surface area contributed by atoms with Crippen LogP contribution < -0.4 is 4.18 Å². The molecule has 0 heterocycles. The molecule has 4 rings (SSSR count). The number of aliphatic hydroxyl groups excluding tert-OH is 1. The number of allylic oxidation sites excluding steroid dienone is 3. The van der Waals surface area contributed by atoms with Crippen LogP contribution in [-0.4, -0.2) is 24.1 Å². The van der Waals surface area contributed by atoms with Crippen LogP contribution in [0.2, 0.25) is 0 Å². The Hall–Kier alpha value is -2.94. The number of rotatable bonds is 2.